The van der Waals surface area contributed by atoms with Crippen LogP contribution in [-0.4, -0.2) is 42.9 Å². The van der Waals surface area contributed by atoms with Gasteiger partial charge in [-0.05, 0) is 72.6 Å². The first-order valence-electron chi connectivity index (χ1n) is 10.7. The molecule has 8 nitrogen and oxygen atoms in total. The highest BCUT2D eigenvalue weighted by atomic mass is 16.5. The van der Waals surface area contributed by atoms with E-state index in [1.54, 1.807) is 12.1 Å². The highest BCUT2D eigenvalue weighted by Crippen LogP contribution is 2.27. The number of aromatic hydroxyl groups is 1. The van der Waals surface area contributed by atoms with Crippen LogP contribution >= 0.6 is 0 Å². The van der Waals surface area contributed by atoms with Gasteiger partial charge in [0.05, 0.1) is 11.8 Å². The summed E-state index contributed by atoms with van der Waals surface area (Å²) in [5.74, 6) is 2.17. The molecule has 0 aliphatic carbocycles. The van der Waals surface area contributed by atoms with Crippen molar-refractivity contribution in [2.75, 3.05) is 31.6 Å². The number of hydrogen-bond acceptors (Lipinski definition) is 7. The Kier molecular flexibility index (Phi) is 9.08. The first-order valence-corrected chi connectivity index (χ1v) is 10.7. The van der Waals surface area contributed by atoms with Crippen LogP contribution in [0.2, 0.25) is 0 Å². The quantitative estimate of drug-likeness (QED) is 0.154. The van der Waals surface area contributed by atoms with Crippen molar-refractivity contribution in [3.05, 3.63) is 77.9 Å². The lowest BCUT2D eigenvalue weighted by Gasteiger charge is -2.14. The molecule has 0 aliphatic rings. The summed E-state index contributed by atoms with van der Waals surface area (Å²) in [5, 5.41) is 25.7. The van der Waals surface area contributed by atoms with E-state index in [9.17, 15) is 15.0 Å². The number of hydrogen-bond donors (Lipinski definition) is 5. The van der Waals surface area contributed by atoms with E-state index in [1.807, 2.05) is 48.5 Å². The van der Waals surface area contributed by atoms with E-state index in [0.29, 0.717) is 38.2 Å². The van der Waals surface area contributed by atoms with Crippen LogP contribution in [0.4, 0.5) is 5.69 Å². The first kappa shape index (κ1) is 24.1. The fraction of sp³-hybridized carbons (Fsp3) is 0.240. The predicted molar refractivity (Wildman–Crippen MR) is 127 cm³/mol. The molecule has 0 radical (unpaired) electrons. The molecular weight excluding hydrogens is 422 g/mol. The van der Waals surface area contributed by atoms with Gasteiger partial charge in [0.1, 0.15) is 29.6 Å². The number of benzene rings is 3. The van der Waals surface area contributed by atoms with Crippen LogP contribution in [0.25, 0.3) is 0 Å². The maximum absolute atomic E-state index is 10.6. The normalized spacial score (nSPS) is 11.6. The van der Waals surface area contributed by atoms with Crippen molar-refractivity contribution in [3.63, 3.8) is 0 Å². The number of rotatable bonds is 13. The summed E-state index contributed by atoms with van der Waals surface area (Å²) in [6.07, 6.45) is 0.503. The summed E-state index contributed by atoms with van der Waals surface area (Å²) >= 11 is 0. The summed E-state index contributed by atoms with van der Waals surface area (Å²) < 4.78 is 11.3. The molecule has 0 fully saturated rings. The molecule has 1 atom stereocenters. The lowest BCUT2D eigenvalue weighted by molar-refractivity contribution is -0.105. The third-order valence-electron chi connectivity index (χ3n) is 4.92. The van der Waals surface area contributed by atoms with Crippen LogP contribution in [0, 0.1) is 0 Å². The van der Waals surface area contributed by atoms with Crippen LogP contribution < -0.4 is 25.8 Å². The fourth-order valence-electron chi connectivity index (χ4n) is 3.17. The van der Waals surface area contributed by atoms with Gasteiger partial charge in [0.15, 0.2) is 0 Å². The number of ether oxygens (including phenoxy) is 2. The summed E-state index contributed by atoms with van der Waals surface area (Å²) in [6.45, 7) is 1.98. The topological polar surface area (TPSA) is 126 Å². The molecule has 0 unspecified atom stereocenters. The van der Waals surface area contributed by atoms with Gasteiger partial charge in [-0.25, -0.2) is 0 Å². The second-order valence-corrected chi connectivity index (χ2v) is 7.36. The summed E-state index contributed by atoms with van der Waals surface area (Å²) in [4.78, 5) is 10.6. The molecule has 0 aromatic heterocycles. The Labute approximate surface area is 193 Å². The Morgan fingerprint density at radius 3 is 2.30 bits per heavy atom. The number of carbonyl (C=O) groups excluding carboxylic acids is 1. The van der Waals surface area contributed by atoms with E-state index in [4.69, 9.17) is 15.2 Å². The van der Waals surface area contributed by atoms with E-state index < -0.39 is 6.10 Å². The molecule has 6 N–H and O–H groups in total. The maximum Gasteiger partial charge on any atom is 0.211 e. The van der Waals surface area contributed by atoms with Crippen molar-refractivity contribution in [2.45, 2.75) is 12.5 Å². The second-order valence-electron chi connectivity index (χ2n) is 7.36. The molecule has 8 heteroatoms. The van der Waals surface area contributed by atoms with Crippen LogP contribution in [0.1, 0.15) is 17.2 Å². The Hall–Kier alpha value is -3.59. The molecule has 174 valence electrons. The minimum absolute atomic E-state index is 0.0491. The number of anilines is 1. The zero-order chi connectivity index (χ0) is 23.5. The number of carbonyl (C=O) groups is 1. The first-order chi connectivity index (χ1) is 16.1. The van der Waals surface area contributed by atoms with E-state index in [-0.39, 0.29) is 11.4 Å². The smallest absolute Gasteiger partial charge is 0.211 e. The van der Waals surface area contributed by atoms with Crippen molar-refractivity contribution < 1.29 is 24.5 Å². The highest BCUT2D eigenvalue weighted by Gasteiger charge is 2.10. The van der Waals surface area contributed by atoms with Crippen LogP contribution in [0.3, 0.4) is 0 Å². The monoisotopic (exact) mass is 451 g/mol. The number of amides is 1. The number of aliphatic hydroxyl groups excluding tert-OH is 1. The molecule has 33 heavy (non-hydrogen) atoms. The third kappa shape index (κ3) is 7.50. The fourth-order valence-corrected chi connectivity index (χ4v) is 3.17. The van der Waals surface area contributed by atoms with Gasteiger partial charge in [-0.1, -0.05) is 18.2 Å². The van der Waals surface area contributed by atoms with Crippen molar-refractivity contribution in [1.29, 1.82) is 0 Å². The van der Waals surface area contributed by atoms with Crippen molar-refractivity contribution in [2.24, 2.45) is 5.73 Å². The maximum atomic E-state index is 10.6. The van der Waals surface area contributed by atoms with Crippen LogP contribution in [0.15, 0.2) is 66.7 Å². The lowest BCUT2D eigenvalue weighted by Crippen LogP contribution is -2.23. The van der Waals surface area contributed by atoms with Crippen LogP contribution in [0.5, 0.6) is 23.0 Å². The summed E-state index contributed by atoms with van der Waals surface area (Å²) in [5.41, 5.74) is 7.43. The number of nitrogens with one attached hydrogen (secondary N) is 2. The van der Waals surface area contributed by atoms with Gasteiger partial charge >= 0.3 is 0 Å². The van der Waals surface area contributed by atoms with Gasteiger partial charge in [0, 0.05) is 13.1 Å². The molecule has 3 rings (SSSR count). The number of phenolic OH excluding ortho intramolecular Hbond substituents is 1. The second kappa shape index (κ2) is 12.4. The Balaban J connectivity index is 1.42. The summed E-state index contributed by atoms with van der Waals surface area (Å²) in [6, 6.07) is 19.8. The molecule has 0 saturated heterocycles. The van der Waals surface area contributed by atoms with E-state index in [1.165, 1.54) is 6.07 Å². The predicted octanol–water partition coefficient (Wildman–Crippen LogP) is 2.96. The molecule has 3 aromatic rings. The highest BCUT2D eigenvalue weighted by molar-refractivity contribution is 5.75. The number of nitrogens with two attached hydrogens (primary N) is 1. The average molecular weight is 452 g/mol. The van der Waals surface area contributed by atoms with Gasteiger partial charge in [-0.2, -0.15) is 0 Å². The molecule has 0 saturated carbocycles. The van der Waals surface area contributed by atoms with Crippen molar-refractivity contribution in [1.82, 2.24) is 5.32 Å². The average Bonchev–Trinajstić information content (AvgIpc) is 2.84. The third-order valence-corrected chi connectivity index (χ3v) is 4.92. The van der Waals surface area contributed by atoms with Crippen LogP contribution in [-0.2, 0) is 11.2 Å². The number of aliphatic hydroxyl groups is 1. The van der Waals surface area contributed by atoms with Gasteiger partial charge in [-0.3, -0.25) is 4.79 Å². The molecule has 0 bridgehead atoms. The van der Waals surface area contributed by atoms with Gasteiger partial charge in [0.25, 0.3) is 0 Å². The van der Waals surface area contributed by atoms with Crippen molar-refractivity contribution >= 4 is 12.1 Å². The van der Waals surface area contributed by atoms with Crippen molar-refractivity contribution in [3.8, 4) is 23.0 Å². The van der Waals surface area contributed by atoms with E-state index >= 15 is 0 Å². The molecule has 1 amide bonds. The molecule has 3 aromatic carbocycles. The van der Waals surface area contributed by atoms with Gasteiger partial charge in [0.2, 0.25) is 6.41 Å². The van der Waals surface area contributed by atoms with Gasteiger partial charge < -0.3 is 36.1 Å². The number of phenols is 1. The lowest BCUT2D eigenvalue weighted by atomic mass is 10.1. The summed E-state index contributed by atoms with van der Waals surface area (Å²) in [7, 11) is 0. The van der Waals surface area contributed by atoms with Gasteiger partial charge in [-0.15, -0.1) is 0 Å². The van der Waals surface area contributed by atoms with E-state index in [0.717, 1.165) is 29.2 Å². The Bertz CT molecular complexity index is 1010. The molecule has 0 heterocycles. The standard InChI is InChI=1S/C25H29N3O5/c26-12-14-32-20-6-8-22(9-7-20)33-21-4-1-18(2-5-21)11-13-27-16-25(31)19-3-10-24(30)23(15-19)28-17-29/h1-10,15,17,25,27,30-31H,11-14,16,26H2,(H,28,29)/t25-/m0/s1. The molecular formula is C25H29N3O5. The van der Waals surface area contributed by atoms with E-state index in [2.05, 4.69) is 10.6 Å². The largest absolute Gasteiger partial charge is 0.506 e. The SMILES string of the molecule is NCCOc1ccc(Oc2ccc(CCNC[C@H](O)c3ccc(O)c(NC=O)c3)cc2)cc1. The minimum Gasteiger partial charge on any atom is -0.506 e. The zero-order valence-electron chi connectivity index (χ0n) is 18.2. The zero-order valence-corrected chi connectivity index (χ0v) is 18.2. The minimum atomic E-state index is -0.763. The Morgan fingerprint density at radius 1 is 0.970 bits per heavy atom. The molecule has 0 spiro atoms. The molecule has 0 aliphatic heterocycles. The Morgan fingerprint density at radius 2 is 1.64 bits per heavy atom.